The molecule has 1 heterocycles. The molecule has 0 saturated carbocycles. The molecule has 3 nitrogen and oxygen atoms in total. The van der Waals surface area contributed by atoms with Crippen LogP contribution in [0.5, 0.6) is 0 Å². The van der Waals surface area contributed by atoms with Crippen molar-refractivity contribution >= 4 is 5.69 Å². The van der Waals surface area contributed by atoms with Gasteiger partial charge in [0.25, 0.3) is 0 Å². The lowest BCUT2D eigenvalue weighted by Gasteiger charge is -2.29. The van der Waals surface area contributed by atoms with Gasteiger partial charge in [0.2, 0.25) is 0 Å². The highest BCUT2D eigenvalue weighted by Gasteiger charge is 2.17. The van der Waals surface area contributed by atoms with Gasteiger partial charge in [0, 0.05) is 25.3 Å². The lowest BCUT2D eigenvalue weighted by Crippen LogP contribution is -2.30. The molecule has 0 atom stereocenters. The Kier molecular flexibility index (Phi) is 3.64. The van der Waals surface area contributed by atoms with Gasteiger partial charge >= 0.3 is 0 Å². The van der Waals surface area contributed by atoms with E-state index in [2.05, 4.69) is 36.1 Å². The number of nitrogens with two attached hydrogens (primary N) is 1. The van der Waals surface area contributed by atoms with Crippen molar-refractivity contribution in [3.05, 3.63) is 64.2 Å². The van der Waals surface area contributed by atoms with Crippen LogP contribution in [0.15, 0.2) is 36.4 Å². The number of rotatable bonds is 2. The summed E-state index contributed by atoms with van der Waals surface area (Å²) >= 11 is 0. The molecule has 3 rings (SSSR count). The standard InChI is InChI=1S/C18H19N3/c1-13-8-14(10-19)2-3-16(13)11-21-7-6-15-4-5-18(20)9-17(15)12-21/h2-5,8-9H,6-7,11-12,20H2,1H3. The van der Waals surface area contributed by atoms with Gasteiger partial charge in [0.05, 0.1) is 11.6 Å². The van der Waals surface area contributed by atoms with E-state index < -0.39 is 0 Å². The van der Waals surface area contributed by atoms with Crippen molar-refractivity contribution in [2.75, 3.05) is 12.3 Å². The zero-order valence-electron chi connectivity index (χ0n) is 12.3. The number of anilines is 1. The van der Waals surface area contributed by atoms with Gasteiger partial charge in [0.15, 0.2) is 0 Å². The highest BCUT2D eigenvalue weighted by molar-refractivity contribution is 5.45. The van der Waals surface area contributed by atoms with Crippen LogP contribution in [0.4, 0.5) is 5.69 Å². The first-order valence-electron chi connectivity index (χ1n) is 7.25. The van der Waals surface area contributed by atoms with Crippen molar-refractivity contribution in [2.24, 2.45) is 0 Å². The summed E-state index contributed by atoms with van der Waals surface area (Å²) in [5, 5.41) is 8.94. The Balaban J connectivity index is 1.77. The van der Waals surface area contributed by atoms with Gasteiger partial charge in [-0.1, -0.05) is 12.1 Å². The number of aryl methyl sites for hydroxylation is 1. The molecule has 0 spiro atoms. The van der Waals surface area contributed by atoms with Gasteiger partial charge in [-0.2, -0.15) is 5.26 Å². The van der Waals surface area contributed by atoms with Gasteiger partial charge in [-0.15, -0.1) is 0 Å². The molecule has 2 aromatic carbocycles. The third-order valence-electron chi connectivity index (χ3n) is 4.19. The second-order valence-electron chi connectivity index (χ2n) is 5.74. The molecule has 0 radical (unpaired) electrons. The fourth-order valence-corrected chi connectivity index (χ4v) is 2.95. The maximum absolute atomic E-state index is 8.94. The Morgan fingerprint density at radius 2 is 2.05 bits per heavy atom. The van der Waals surface area contributed by atoms with Gasteiger partial charge in [-0.25, -0.2) is 0 Å². The molecule has 2 aromatic rings. The van der Waals surface area contributed by atoms with Crippen molar-refractivity contribution in [1.82, 2.24) is 4.90 Å². The summed E-state index contributed by atoms with van der Waals surface area (Å²) in [6.07, 6.45) is 1.07. The van der Waals surface area contributed by atoms with Crippen molar-refractivity contribution < 1.29 is 0 Å². The summed E-state index contributed by atoms with van der Waals surface area (Å²) < 4.78 is 0. The van der Waals surface area contributed by atoms with E-state index >= 15 is 0 Å². The highest BCUT2D eigenvalue weighted by Crippen LogP contribution is 2.23. The van der Waals surface area contributed by atoms with Crippen LogP contribution >= 0.6 is 0 Å². The largest absolute Gasteiger partial charge is 0.399 e. The van der Waals surface area contributed by atoms with Crippen LogP contribution in [0.25, 0.3) is 0 Å². The Labute approximate surface area is 125 Å². The molecule has 3 heteroatoms. The quantitative estimate of drug-likeness (QED) is 0.858. The third kappa shape index (κ3) is 2.91. The molecule has 1 aliphatic heterocycles. The molecule has 0 aromatic heterocycles. The molecule has 106 valence electrons. The predicted octanol–water partition coefficient (Wildman–Crippen LogP) is 3.01. The second kappa shape index (κ2) is 5.59. The molecule has 1 aliphatic rings. The first kappa shape index (κ1) is 13.7. The van der Waals surface area contributed by atoms with Crippen molar-refractivity contribution in [3.8, 4) is 6.07 Å². The molecule has 0 amide bonds. The van der Waals surface area contributed by atoms with Crippen molar-refractivity contribution in [1.29, 1.82) is 5.26 Å². The minimum absolute atomic E-state index is 0.730. The summed E-state index contributed by atoms with van der Waals surface area (Å²) in [6, 6.07) is 14.4. The summed E-state index contributed by atoms with van der Waals surface area (Å²) in [7, 11) is 0. The third-order valence-corrected chi connectivity index (χ3v) is 4.19. The fraction of sp³-hybridized carbons (Fsp3) is 0.278. The maximum atomic E-state index is 8.94. The topological polar surface area (TPSA) is 53.0 Å². The van der Waals surface area contributed by atoms with Gasteiger partial charge in [-0.3, -0.25) is 4.90 Å². The Bertz CT molecular complexity index is 713. The van der Waals surface area contributed by atoms with E-state index in [4.69, 9.17) is 11.0 Å². The van der Waals surface area contributed by atoms with E-state index in [0.717, 1.165) is 37.3 Å². The minimum atomic E-state index is 0.730. The van der Waals surface area contributed by atoms with E-state index in [-0.39, 0.29) is 0 Å². The molecular weight excluding hydrogens is 258 g/mol. The van der Waals surface area contributed by atoms with E-state index in [1.54, 1.807) is 0 Å². The van der Waals surface area contributed by atoms with Crippen LogP contribution in [-0.2, 0) is 19.5 Å². The predicted molar refractivity (Wildman–Crippen MR) is 84.6 cm³/mol. The van der Waals surface area contributed by atoms with Crippen LogP contribution in [-0.4, -0.2) is 11.4 Å². The average Bonchev–Trinajstić information content (AvgIpc) is 2.49. The lowest BCUT2D eigenvalue weighted by molar-refractivity contribution is 0.245. The van der Waals surface area contributed by atoms with E-state index in [1.165, 1.54) is 22.3 Å². The van der Waals surface area contributed by atoms with Crippen LogP contribution in [0.1, 0.15) is 27.8 Å². The van der Waals surface area contributed by atoms with Crippen molar-refractivity contribution in [3.63, 3.8) is 0 Å². The average molecular weight is 277 g/mol. The molecular formula is C18H19N3. The van der Waals surface area contributed by atoms with E-state index in [1.807, 2.05) is 18.2 Å². The number of nitrogen functional groups attached to an aromatic ring is 1. The first-order valence-corrected chi connectivity index (χ1v) is 7.25. The first-order chi connectivity index (χ1) is 10.2. The molecule has 0 aliphatic carbocycles. The molecule has 2 N–H and O–H groups in total. The number of nitrogens with zero attached hydrogens (tertiary/aromatic N) is 2. The minimum Gasteiger partial charge on any atom is -0.399 e. The van der Waals surface area contributed by atoms with E-state index in [9.17, 15) is 0 Å². The number of benzene rings is 2. The maximum Gasteiger partial charge on any atom is 0.0991 e. The normalized spacial score (nSPS) is 14.5. The smallest absolute Gasteiger partial charge is 0.0991 e. The highest BCUT2D eigenvalue weighted by atomic mass is 15.1. The molecule has 0 bridgehead atoms. The Morgan fingerprint density at radius 3 is 2.81 bits per heavy atom. The summed E-state index contributed by atoms with van der Waals surface area (Å²) in [5.41, 5.74) is 12.7. The molecule has 0 saturated heterocycles. The fourth-order valence-electron chi connectivity index (χ4n) is 2.95. The van der Waals surface area contributed by atoms with Gasteiger partial charge in [-0.05, 0) is 59.9 Å². The SMILES string of the molecule is Cc1cc(C#N)ccc1CN1CCc2ccc(N)cc2C1. The molecule has 21 heavy (non-hydrogen) atoms. The number of hydrogen-bond acceptors (Lipinski definition) is 3. The van der Waals surface area contributed by atoms with Crippen molar-refractivity contribution in [2.45, 2.75) is 26.4 Å². The van der Waals surface area contributed by atoms with Gasteiger partial charge in [0.1, 0.15) is 0 Å². The summed E-state index contributed by atoms with van der Waals surface area (Å²) in [5.74, 6) is 0. The zero-order valence-corrected chi connectivity index (χ0v) is 12.3. The number of fused-ring (bicyclic) bond motifs is 1. The van der Waals surface area contributed by atoms with Crippen LogP contribution in [0.2, 0.25) is 0 Å². The Morgan fingerprint density at radius 1 is 1.19 bits per heavy atom. The number of hydrogen-bond donors (Lipinski definition) is 1. The second-order valence-corrected chi connectivity index (χ2v) is 5.74. The van der Waals surface area contributed by atoms with E-state index in [0.29, 0.717) is 0 Å². The molecule has 0 fully saturated rings. The zero-order chi connectivity index (χ0) is 14.8. The van der Waals surface area contributed by atoms with Crippen LogP contribution in [0.3, 0.4) is 0 Å². The van der Waals surface area contributed by atoms with Gasteiger partial charge < -0.3 is 5.73 Å². The Hall–Kier alpha value is -2.31. The van der Waals surface area contributed by atoms with Crippen LogP contribution < -0.4 is 5.73 Å². The number of nitriles is 1. The summed E-state index contributed by atoms with van der Waals surface area (Å²) in [4.78, 5) is 2.44. The van der Waals surface area contributed by atoms with Crippen LogP contribution in [0, 0.1) is 18.3 Å². The summed E-state index contributed by atoms with van der Waals surface area (Å²) in [6.45, 7) is 5.01. The lowest BCUT2D eigenvalue weighted by atomic mass is 9.98. The monoisotopic (exact) mass is 277 g/mol. The molecule has 0 unspecified atom stereocenters.